The lowest BCUT2D eigenvalue weighted by molar-refractivity contribution is 0.520. The van der Waals surface area contributed by atoms with Crippen LogP contribution in [0.25, 0.3) is 0 Å². The predicted octanol–water partition coefficient (Wildman–Crippen LogP) is 1.79. The summed E-state index contributed by atoms with van der Waals surface area (Å²) in [4.78, 5) is 2.64. The first-order chi connectivity index (χ1) is 9.85. The molecule has 0 radical (unpaired) electrons. The molecule has 0 unspecified atom stereocenters. The number of halogens is 2. The van der Waals surface area contributed by atoms with E-state index in [2.05, 4.69) is 4.98 Å². The minimum Gasteiger partial charge on any atom is -0.399 e. The molecule has 0 amide bonds. The summed E-state index contributed by atoms with van der Waals surface area (Å²) < 4.78 is 51.8. The van der Waals surface area contributed by atoms with Gasteiger partial charge < -0.3 is 5.73 Å². The molecule has 0 fully saturated rings. The SMILES string of the molecule is N#Cc1ncccc1CS(=O)(=O)c1c(F)cc(N)cc1F. The molecule has 8 heteroatoms. The molecule has 0 saturated heterocycles. The lowest BCUT2D eigenvalue weighted by Gasteiger charge is -2.08. The molecule has 0 saturated carbocycles. The highest BCUT2D eigenvalue weighted by Gasteiger charge is 2.26. The van der Waals surface area contributed by atoms with E-state index < -0.39 is 32.1 Å². The smallest absolute Gasteiger partial charge is 0.188 e. The minimum atomic E-state index is -4.32. The topological polar surface area (TPSA) is 96.8 Å². The van der Waals surface area contributed by atoms with Gasteiger partial charge in [0.2, 0.25) is 0 Å². The molecule has 108 valence electrons. The van der Waals surface area contributed by atoms with Gasteiger partial charge in [0.25, 0.3) is 0 Å². The lowest BCUT2D eigenvalue weighted by Crippen LogP contribution is -2.11. The van der Waals surface area contributed by atoms with Crippen LogP contribution < -0.4 is 5.73 Å². The Morgan fingerprint density at radius 3 is 2.48 bits per heavy atom. The number of rotatable bonds is 3. The fourth-order valence-corrected chi connectivity index (χ4v) is 3.31. The maximum Gasteiger partial charge on any atom is 0.188 e. The van der Waals surface area contributed by atoms with Gasteiger partial charge in [-0.1, -0.05) is 6.07 Å². The highest BCUT2D eigenvalue weighted by atomic mass is 32.2. The second kappa shape index (κ2) is 5.46. The van der Waals surface area contributed by atoms with Crippen molar-refractivity contribution < 1.29 is 17.2 Å². The average molecular weight is 309 g/mol. The third-order valence-electron chi connectivity index (χ3n) is 2.67. The van der Waals surface area contributed by atoms with E-state index in [-0.39, 0.29) is 16.9 Å². The van der Waals surface area contributed by atoms with Crippen molar-refractivity contribution in [2.24, 2.45) is 0 Å². The van der Waals surface area contributed by atoms with E-state index in [0.29, 0.717) is 0 Å². The summed E-state index contributed by atoms with van der Waals surface area (Å²) in [7, 11) is -4.32. The summed E-state index contributed by atoms with van der Waals surface area (Å²) in [5.74, 6) is -3.27. The largest absolute Gasteiger partial charge is 0.399 e. The Kier molecular flexibility index (Phi) is 3.86. The van der Waals surface area contributed by atoms with E-state index in [1.54, 1.807) is 6.07 Å². The van der Waals surface area contributed by atoms with Crippen LogP contribution in [0.3, 0.4) is 0 Å². The van der Waals surface area contributed by atoms with Crippen molar-refractivity contribution in [1.82, 2.24) is 4.98 Å². The van der Waals surface area contributed by atoms with Crippen LogP contribution in [0.5, 0.6) is 0 Å². The van der Waals surface area contributed by atoms with Gasteiger partial charge in [-0.05, 0) is 18.2 Å². The van der Waals surface area contributed by atoms with Gasteiger partial charge in [-0.15, -0.1) is 0 Å². The van der Waals surface area contributed by atoms with Crippen molar-refractivity contribution >= 4 is 15.5 Å². The molecule has 5 nitrogen and oxygen atoms in total. The molecule has 2 rings (SSSR count). The van der Waals surface area contributed by atoms with E-state index >= 15 is 0 Å². The van der Waals surface area contributed by atoms with Crippen LogP contribution in [0, 0.1) is 23.0 Å². The zero-order valence-corrected chi connectivity index (χ0v) is 11.4. The van der Waals surface area contributed by atoms with Crippen molar-refractivity contribution in [3.8, 4) is 6.07 Å². The fourth-order valence-electron chi connectivity index (χ4n) is 1.81. The second-order valence-corrected chi connectivity index (χ2v) is 6.12. The van der Waals surface area contributed by atoms with Gasteiger partial charge in [0.1, 0.15) is 28.3 Å². The molecule has 2 N–H and O–H groups in total. The van der Waals surface area contributed by atoms with E-state index in [9.17, 15) is 17.2 Å². The number of sulfone groups is 1. The lowest BCUT2D eigenvalue weighted by atomic mass is 10.2. The van der Waals surface area contributed by atoms with Gasteiger partial charge >= 0.3 is 0 Å². The number of hydrogen-bond acceptors (Lipinski definition) is 5. The Labute approximate surface area is 119 Å². The van der Waals surface area contributed by atoms with Gasteiger partial charge in [-0.3, -0.25) is 0 Å². The highest BCUT2D eigenvalue weighted by Crippen LogP contribution is 2.25. The van der Waals surface area contributed by atoms with Crippen molar-refractivity contribution in [3.63, 3.8) is 0 Å². The van der Waals surface area contributed by atoms with Gasteiger partial charge in [-0.2, -0.15) is 5.26 Å². The third-order valence-corrected chi connectivity index (χ3v) is 4.38. The molecule has 0 bridgehead atoms. The Morgan fingerprint density at radius 2 is 1.90 bits per heavy atom. The molecule has 1 aromatic carbocycles. The molecular formula is C13H9F2N3O2S. The van der Waals surface area contributed by atoms with Crippen molar-refractivity contribution in [2.75, 3.05) is 5.73 Å². The number of anilines is 1. The summed E-state index contributed by atoms with van der Waals surface area (Å²) in [5.41, 5.74) is 4.97. The van der Waals surface area contributed by atoms with Crippen LogP contribution in [0.4, 0.5) is 14.5 Å². The predicted molar refractivity (Wildman–Crippen MR) is 70.6 cm³/mol. The Hall–Kier alpha value is -2.53. The van der Waals surface area contributed by atoms with Crippen LogP contribution in [0.1, 0.15) is 11.3 Å². The Morgan fingerprint density at radius 1 is 1.29 bits per heavy atom. The zero-order valence-electron chi connectivity index (χ0n) is 10.5. The van der Waals surface area contributed by atoms with E-state index in [0.717, 1.165) is 12.1 Å². The first-order valence-electron chi connectivity index (χ1n) is 5.66. The highest BCUT2D eigenvalue weighted by molar-refractivity contribution is 7.90. The normalized spacial score (nSPS) is 11.1. The number of nitrogens with two attached hydrogens (primary N) is 1. The maximum atomic E-state index is 13.7. The van der Waals surface area contributed by atoms with Gasteiger partial charge in [0, 0.05) is 17.4 Å². The molecular weight excluding hydrogens is 300 g/mol. The summed E-state index contributed by atoms with van der Waals surface area (Å²) in [6, 6.07) is 5.97. The average Bonchev–Trinajstić information content (AvgIpc) is 2.37. The number of hydrogen-bond donors (Lipinski definition) is 1. The minimum absolute atomic E-state index is 0.0654. The molecule has 0 atom stereocenters. The molecule has 0 aliphatic carbocycles. The van der Waals surface area contributed by atoms with Crippen LogP contribution in [-0.2, 0) is 15.6 Å². The molecule has 2 aromatic rings. The van der Waals surface area contributed by atoms with Crippen molar-refractivity contribution in [1.29, 1.82) is 5.26 Å². The van der Waals surface area contributed by atoms with Crippen LogP contribution in [0.2, 0.25) is 0 Å². The Balaban J connectivity index is 2.52. The summed E-state index contributed by atoms with van der Waals surface area (Å²) >= 11 is 0. The standard InChI is InChI=1S/C13H9F2N3O2S/c14-10-4-9(17)5-11(15)13(10)21(19,20)7-8-2-1-3-18-12(8)6-16/h1-5H,7,17H2. The molecule has 0 aliphatic heterocycles. The quantitative estimate of drug-likeness (QED) is 0.872. The van der Waals surface area contributed by atoms with Gasteiger partial charge in [0.15, 0.2) is 9.84 Å². The zero-order chi connectivity index (χ0) is 15.6. The van der Waals surface area contributed by atoms with Crippen LogP contribution in [-0.4, -0.2) is 13.4 Å². The van der Waals surface area contributed by atoms with Gasteiger partial charge in [-0.25, -0.2) is 22.2 Å². The molecule has 1 aromatic heterocycles. The monoisotopic (exact) mass is 309 g/mol. The second-order valence-electron chi connectivity index (χ2n) is 4.20. The molecule has 1 heterocycles. The van der Waals surface area contributed by atoms with Crippen molar-refractivity contribution in [2.45, 2.75) is 10.6 Å². The van der Waals surface area contributed by atoms with Crippen LogP contribution in [0.15, 0.2) is 35.4 Å². The van der Waals surface area contributed by atoms with Crippen LogP contribution >= 0.6 is 0 Å². The van der Waals surface area contributed by atoms with E-state index in [4.69, 9.17) is 11.0 Å². The number of nitrogens with zero attached hydrogens (tertiary/aromatic N) is 2. The summed E-state index contributed by atoms with van der Waals surface area (Å²) in [6.07, 6.45) is 1.32. The van der Waals surface area contributed by atoms with E-state index in [1.165, 1.54) is 18.3 Å². The van der Waals surface area contributed by atoms with Gasteiger partial charge in [0.05, 0.1) is 5.75 Å². The molecule has 21 heavy (non-hydrogen) atoms. The number of benzene rings is 1. The molecule has 0 spiro atoms. The maximum absolute atomic E-state index is 13.7. The number of nitriles is 1. The number of nitrogen functional groups attached to an aromatic ring is 1. The first-order valence-corrected chi connectivity index (χ1v) is 7.31. The fraction of sp³-hybridized carbons (Fsp3) is 0.0769. The molecule has 0 aliphatic rings. The number of pyridine rings is 1. The summed E-state index contributed by atoms with van der Waals surface area (Å²) in [5, 5.41) is 8.86. The first kappa shape index (κ1) is 14.9. The summed E-state index contributed by atoms with van der Waals surface area (Å²) in [6.45, 7) is 0. The Bertz CT molecular complexity index is 822. The van der Waals surface area contributed by atoms with E-state index in [1.807, 2.05) is 0 Å². The third kappa shape index (κ3) is 2.98. The van der Waals surface area contributed by atoms with Crippen molar-refractivity contribution in [3.05, 3.63) is 53.4 Å². The number of aromatic nitrogens is 1.